The van der Waals surface area contributed by atoms with Crippen LogP contribution >= 0.6 is 23.2 Å². The number of hydrogen-bond donors (Lipinski definition) is 1. The van der Waals surface area contributed by atoms with Crippen LogP contribution in [-0.2, 0) is 11.3 Å². The van der Waals surface area contributed by atoms with Crippen LogP contribution in [0.3, 0.4) is 0 Å². The molecule has 2 aromatic rings. The molecule has 0 atom stereocenters. The first-order valence-electron chi connectivity index (χ1n) is 8.44. The van der Waals surface area contributed by atoms with E-state index in [2.05, 4.69) is 15.1 Å². The molecule has 26 heavy (non-hydrogen) atoms. The summed E-state index contributed by atoms with van der Waals surface area (Å²) in [5.74, 6) is -0.633. The Bertz CT molecular complexity index is 779. The molecule has 138 valence electrons. The molecule has 0 aliphatic carbocycles. The number of anilines is 1. The van der Waals surface area contributed by atoms with Crippen LogP contribution in [0.5, 0.6) is 0 Å². The van der Waals surface area contributed by atoms with Crippen molar-refractivity contribution in [1.82, 2.24) is 9.80 Å². The standard InChI is InChI=1S/C19H20Cl2FN3O/c20-16-4-2-1-3-14(16)12-24-7-9-25(10-8-24)13-19(26)23-15-5-6-18(22)17(21)11-15/h1-6,11H,7-10,12-13H2,(H,23,26). The maximum atomic E-state index is 13.2. The molecule has 0 bridgehead atoms. The minimum absolute atomic E-state index is 0.00372. The lowest BCUT2D eigenvalue weighted by molar-refractivity contribution is -0.117. The summed E-state index contributed by atoms with van der Waals surface area (Å²) in [5, 5.41) is 3.53. The topological polar surface area (TPSA) is 35.6 Å². The number of nitrogens with zero attached hydrogens (tertiary/aromatic N) is 2. The van der Waals surface area contributed by atoms with Gasteiger partial charge in [-0.15, -0.1) is 0 Å². The van der Waals surface area contributed by atoms with E-state index in [4.69, 9.17) is 23.2 Å². The molecule has 4 nitrogen and oxygen atoms in total. The molecule has 1 fully saturated rings. The fraction of sp³-hybridized carbons (Fsp3) is 0.316. The van der Waals surface area contributed by atoms with Gasteiger partial charge in [0.2, 0.25) is 5.91 Å². The SMILES string of the molecule is O=C(CN1CCN(Cc2ccccc2Cl)CC1)Nc1ccc(F)c(Cl)c1. The Balaban J connectivity index is 1.45. The number of rotatable bonds is 5. The van der Waals surface area contributed by atoms with Crippen LogP contribution in [0.2, 0.25) is 10.0 Å². The predicted molar refractivity (Wildman–Crippen MR) is 103 cm³/mol. The van der Waals surface area contributed by atoms with E-state index >= 15 is 0 Å². The zero-order chi connectivity index (χ0) is 18.5. The van der Waals surface area contributed by atoms with Crippen LogP contribution < -0.4 is 5.32 Å². The number of nitrogens with one attached hydrogen (secondary N) is 1. The van der Waals surface area contributed by atoms with Crippen LogP contribution in [0.4, 0.5) is 10.1 Å². The normalized spacial score (nSPS) is 15.8. The molecule has 0 radical (unpaired) electrons. The molecule has 2 aromatic carbocycles. The number of carbonyl (C=O) groups excluding carboxylic acids is 1. The fourth-order valence-corrected chi connectivity index (χ4v) is 3.33. The van der Waals surface area contributed by atoms with Gasteiger partial charge in [-0.2, -0.15) is 0 Å². The Morgan fingerprint density at radius 3 is 2.38 bits per heavy atom. The van der Waals surface area contributed by atoms with Crippen LogP contribution in [0.1, 0.15) is 5.56 Å². The maximum Gasteiger partial charge on any atom is 0.238 e. The van der Waals surface area contributed by atoms with Gasteiger partial charge in [0.05, 0.1) is 11.6 Å². The third-order valence-corrected chi connectivity index (χ3v) is 5.05. The summed E-state index contributed by atoms with van der Waals surface area (Å²) in [7, 11) is 0. The maximum absolute atomic E-state index is 13.2. The molecule has 1 aliphatic heterocycles. The van der Waals surface area contributed by atoms with Gasteiger partial charge >= 0.3 is 0 Å². The summed E-state index contributed by atoms with van der Waals surface area (Å²) in [6.45, 7) is 4.48. The molecule has 1 N–H and O–H groups in total. The van der Waals surface area contributed by atoms with Crippen molar-refractivity contribution in [3.8, 4) is 0 Å². The highest BCUT2D eigenvalue weighted by Crippen LogP contribution is 2.20. The number of amides is 1. The van der Waals surface area contributed by atoms with Gasteiger partial charge in [0.1, 0.15) is 5.82 Å². The second-order valence-corrected chi connectivity index (χ2v) is 7.14. The first-order chi connectivity index (χ1) is 12.5. The summed E-state index contributed by atoms with van der Waals surface area (Å²) in [6, 6.07) is 12.0. The second kappa shape index (κ2) is 8.82. The Hall–Kier alpha value is -1.66. The third kappa shape index (κ3) is 5.17. The second-order valence-electron chi connectivity index (χ2n) is 6.32. The fourth-order valence-electron chi connectivity index (χ4n) is 2.95. The minimum Gasteiger partial charge on any atom is -0.325 e. The molecule has 1 aliphatic rings. The van der Waals surface area contributed by atoms with Gasteiger partial charge in [0.15, 0.2) is 0 Å². The number of benzene rings is 2. The lowest BCUT2D eigenvalue weighted by Gasteiger charge is -2.34. The largest absolute Gasteiger partial charge is 0.325 e. The predicted octanol–water partition coefficient (Wildman–Crippen LogP) is 3.89. The highest BCUT2D eigenvalue weighted by Gasteiger charge is 2.19. The number of halogens is 3. The first kappa shape index (κ1) is 19.1. The van der Waals surface area contributed by atoms with Gasteiger partial charge in [0, 0.05) is 43.4 Å². The summed E-state index contributed by atoms with van der Waals surface area (Å²) in [5.41, 5.74) is 1.62. The Morgan fingerprint density at radius 1 is 1.00 bits per heavy atom. The van der Waals surface area contributed by atoms with Crippen molar-refractivity contribution in [3.05, 3.63) is 63.9 Å². The van der Waals surface area contributed by atoms with Crippen molar-refractivity contribution in [3.63, 3.8) is 0 Å². The average Bonchev–Trinajstić information content (AvgIpc) is 2.62. The number of hydrogen-bond acceptors (Lipinski definition) is 3. The molecule has 0 unspecified atom stereocenters. The van der Waals surface area contributed by atoms with Gasteiger partial charge in [-0.05, 0) is 29.8 Å². The highest BCUT2D eigenvalue weighted by atomic mass is 35.5. The van der Waals surface area contributed by atoms with Crippen molar-refractivity contribution in [1.29, 1.82) is 0 Å². The molecule has 7 heteroatoms. The van der Waals surface area contributed by atoms with Crippen molar-refractivity contribution >= 4 is 34.8 Å². The lowest BCUT2D eigenvalue weighted by Crippen LogP contribution is -2.48. The Labute approximate surface area is 162 Å². The number of piperazine rings is 1. The lowest BCUT2D eigenvalue weighted by atomic mass is 10.2. The molecule has 3 rings (SSSR count). The van der Waals surface area contributed by atoms with Gasteiger partial charge in [-0.25, -0.2) is 4.39 Å². The Kier molecular flexibility index (Phi) is 6.48. The van der Waals surface area contributed by atoms with E-state index in [1.165, 1.54) is 18.2 Å². The molecule has 0 spiro atoms. The number of carbonyl (C=O) groups is 1. The van der Waals surface area contributed by atoms with Gasteiger partial charge in [-0.3, -0.25) is 14.6 Å². The van der Waals surface area contributed by atoms with E-state index in [1.54, 1.807) is 0 Å². The van der Waals surface area contributed by atoms with Gasteiger partial charge in [0.25, 0.3) is 0 Å². The van der Waals surface area contributed by atoms with Crippen LogP contribution in [0, 0.1) is 5.82 Å². The Morgan fingerprint density at radius 2 is 1.69 bits per heavy atom. The molecule has 1 saturated heterocycles. The highest BCUT2D eigenvalue weighted by molar-refractivity contribution is 6.31. The summed E-state index contributed by atoms with van der Waals surface area (Å²) >= 11 is 11.9. The van der Waals surface area contributed by atoms with Crippen molar-refractivity contribution in [2.24, 2.45) is 0 Å². The molecule has 0 saturated carbocycles. The zero-order valence-corrected chi connectivity index (χ0v) is 15.7. The molecular formula is C19H20Cl2FN3O. The van der Waals surface area contributed by atoms with E-state index in [-0.39, 0.29) is 10.9 Å². The van der Waals surface area contributed by atoms with Crippen molar-refractivity contribution in [2.75, 3.05) is 38.0 Å². The van der Waals surface area contributed by atoms with Crippen LogP contribution in [-0.4, -0.2) is 48.4 Å². The van der Waals surface area contributed by atoms with E-state index in [9.17, 15) is 9.18 Å². The van der Waals surface area contributed by atoms with E-state index in [1.807, 2.05) is 24.3 Å². The minimum atomic E-state index is -0.501. The quantitative estimate of drug-likeness (QED) is 0.833. The van der Waals surface area contributed by atoms with Gasteiger partial charge < -0.3 is 5.32 Å². The van der Waals surface area contributed by atoms with E-state index < -0.39 is 5.82 Å². The molecular weight excluding hydrogens is 376 g/mol. The van der Waals surface area contributed by atoms with Crippen LogP contribution in [0.15, 0.2) is 42.5 Å². The molecule has 1 amide bonds. The van der Waals surface area contributed by atoms with Crippen molar-refractivity contribution < 1.29 is 9.18 Å². The average molecular weight is 396 g/mol. The van der Waals surface area contributed by atoms with Crippen LogP contribution in [0.25, 0.3) is 0 Å². The van der Waals surface area contributed by atoms with E-state index in [0.29, 0.717) is 12.2 Å². The zero-order valence-electron chi connectivity index (χ0n) is 14.2. The first-order valence-corrected chi connectivity index (χ1v) is 9.20. The van der Waals surface area contributed by atoms with E-state index in [0.717, 1.165) is 43.3 Å². The summed E-state index contributed by atoms with van der Waals surface area (Å²) in [6.07, 6.45) is 0. The molecule has 1 heterocycles. The molecule has 0 aromatic heterocycles. The van der Waals surface area contributed by atoms with Crippen molar-refractivity contribution in [2.45, 2.75) is 6.54 Å². The smallest absolute Gasteiger partial charge is 0.238 e. The third-order valence-electron chi connectivity index (χ3n) is 4.39. The monoisotopic (exact) mass is 395 g/mol. The van der Waals surface area contributed by atoms with Gasteiger partial charge in [-0.1, -0.05) is 41.4 Å². The summed E-state index contributed by atoms with van der Waals surface area (Å²) < 4.78 is 13.2. The summed E-state index contributed by atoms with van der Waals surface area (Å²) in [4.78, 5) is 16.6.